The molecule has 1 amide bonds. The van der Waals surface area contributed by atoms with Gasteiger partial charge in [-0.25, -0.2) is 13.2 Å². The first-order valence-electron chi connectivity index (χ1n) is 5.16. The van der Waals surface area contributed by atoms with Crippen molar-refractivity contribution < 1.29 is 18.0 Å². The fourth-order valence-corrected chi connectivity index (χ4v) is 1.43. The highest BCUT2D eigenvalue weighted by molar-refractivity contribution is 5.94. The Labute approximate surface area is 102 Å². The van der Waals surface area contributed by atoms with Crippen LogP contribution in [0.5, 0.6) is 0 Å². The minimum Gasteiger partial charge on any atom is -0.340 e. The van der Waals surface area contributed by atoms with E-state index in [-0.39, 0.29) is 12.1 Å². The SMILES string of the molecule is CC(C#N)CN(C)C(=O)c1cc(F)c(F)c(F)c1. The molecule has 0 N–H and O–H groups in total. The number of carbonyl (C=O) groups is 1. The maximum atomic E-state index is 13.0. The molecular formula is C12H11F3N2O. The Bertz CT molecular complexity index is 488. The Morgan fingerprint density at radius 3 is 2.33 bits per heavy atom. The molecule has 1 aromatic rings. The fourth-order valence-electron chi connectivity index (χ4n) is 1.43. The third-order valence-electron chi connectivity index (χ3n) is 2.35. The molecule has 1 rings (SSSR count). The van der Waals surface area contributed by atoms with Gasteiger partial charge in [-0.15, -0.1) is 0 Å². The van der Waals surface area contributed by atoms with Crippen molar-refractivity contribution in [2.75, 3.05) is 13.6 Å². The summed E-state index contributed by atoms with van der Waals surface area (Å²) in [6.07, 6.45) is 0. The Kier molecular flexibility index (Phi) is 4.32. The summed E-state index contributed by atoms with van der Waals surface area (Å²) in [5, 5.41) is 8.60. The van der Waals surface area contributed by atoms with Crippen LogP contribution in [-0.2, 0) is 0 Å². The minimum atomic E-state index is -1.61. The lowest BCUT2D eigenvalue weighted by atomic mass is 10.1. The molecule has 0 aliphatic rings. The summed E-state index contributed by atoms with van der Waals surface area (Å²) in [5.41, 5.74) is -0.293. The van der Waals surface area contributed by atoms with Crippen molar-refractivity contribution in [1.82, 2.24) is 4.90 Å². The third kappa shape index (κ3) is 3.00. The molecule has 0 fully saturated rings. The van der Waals surface area contributed by atoms with Crippen molar-refractivity contribution in [2.24, 2.45) is 5.92 Å². The Morgan fingerprint density at radius 1 is 1.39 bits per heavy atom. The van der Waals surface area contributed by atoms with Crippen LogP contribution in [0.3, 0.4) is 0 Å². The predicted octanol–water partition coefficient (Wildman–Crippen LogP) is 2.34. The molecular weight excluding hydrogens is 245 g/mol. The average molecular weight is 256 g/mol. The summed E-state index contributed by atoms with van der Waals surface area (Å²) in [6, 6.07) is 3.20. The second-order valence-corrected chi connectivity index (χ2v) is 3.97. The summed E-state index contributed by atoms with van der Waals surface area (Å²) in [6.45, 7) is 1.73. The molecule has 0 spiro atoms. The third-order valence-corrected chi connectivity index (χ3v) is 2.35. The van der Waals surface area contributed by atoms with E-state index in [1.165, 1.54) is 7.05 Å². The van der Waals surface area contributed by atoms with Crippen molar-refractivity contribution >= 4 is 5.91 Å². The quantitative estimate of drug-likeness (QED) is 0.779. The summed E-state index contributed by atoms with van der Waals surface area (Å²) < 4.78 is 38.6. The summed E-state index contributed by atoms with van der Waals surface area (Å²) in [7, 11) is 1.40. The minimum absolute atomic E-state index is 0.121. The highest BCUT2D eigenvalue weighted by Gasteiger charge is 2.18. The van der Waals surface area contributed by atoms with Gasteiger partial charge in [-0.05, 0) is 19.1 Å². The molecule has 3 nitrogen and oxygen atoms in total. The van der Waals surface area contributed by atoms with E-state index >= 15 is 0 Å². The average Bonchev–Trinajstić information content (AvgIpc) is 2.33. The van der Waals surface area contributed by atoms with Crippen molar-refractivity contribution in [1.29, 1.82) is 5.26 Å². The van der Waals surface area contributed by atoms with E-state index in [1.54, 1.807) is 6.92 Å². The number of nitriles is 1. The zero-order chi connectivity index (χ0) is 13.9. The van der Waals surface area contributed by atoms with Crippen LogP contribution >= 0.6 is 0 Å². The van der Waals surface area contributed by atoms with Gasteiger partial charge in [-0.2, -0.15) is 5.26 Å². The van der Waals surface area contributed by atoms with E-state index < -0.39 is 29.3 Å². The van der Waals surface area contributed by atoms with E-state index in [1.807, 2.05) is 6.07 Å². The number of amides is 1. The van der Waals surface area contributed by atoms with E-state index in [4.69, 9.17) is 5.26 Å². The van der Waals surface area contributed by atoms with E-state index in [0.29, 0.717) is 12.1 Å². The normalized spacial score (nSPS) is 11.8. The van der Waals surface area contributed by atoms with Gasteiger partial charge in [-0.1, -0.05) is 0 Å². The molecule has 0 aliphatic heterocycles. The molecule has 0 bridgehead atoms. The molecule has 1 aromatic carbocycles. The first kappa shape index (κ1) is 14.0. The Balaban J connectivity index is 2.95. The summed E-state index contributed by atoms with van der Waals surface area (Å²) >= 11 is 0. The number of hydrogen-bond donors (Lipinski definition) is 0. The van der Waals surface area contributed by atoms with Crippen LogP contribution in [-0.4, -0.2) is 24.4 Å². The molecule has 1 atom stereocenters. The molecule has 0 aliphatic carbocycles. The molecule has 0 heterocycles. The smallest absolute Gasteiger partial charge is 0.253 e. The van der Waals surface area contributed by atoms with Gasteiger partial charge < -0.3 is 4.90 Å². The van der Waals surface area contributed by atoms with Crippen LogP contribution in [0, 0.1) is 34.7 Å². The van der Waals surface area contributed by atoms with E-state index in [9.17, 15) is 18.0 Å². The maximum Gasteiger partial charge on any atom is 0.253 e. The molecule has 6 heteroatoms. The number of carbonyl (C=O) groups excluding carboxylic acids is 1. The van der Waals surface area contributed by atoms with Crippen molar-refractivity contribution in [3.8, 4) is 6.07 Å². The number of nitrogens with zero attached hydrogens (tertiary/aromatic N) is 2. The molecule has 96 valence electrons. The topological polar surface area (TPSA) is 44.1 Å². The molecule has 0 saturated heterocycles. The van der Waals surface area contributed by atoms with Crippen molar-refractivity contribution in [2.45, 2.75) is 6.92 Å². The molecule has 18 heavy (non-hydrogen) atoms. The fraction of sp³-hybridized carbons (Fsp3) is 0.333. The van der Waals surface area contributed by atoms with Gasteiger partial charge in [0.05, 0.1) is 12.0 Å². The van der Waals surface area contributed by atoms with E-state index in [2.05, 4.69) is 0 Å². The number of benzene rings is 1. The lowest BCUT2D eigenvalue weighted by Crippen LogP contribution is -2.30. The Hall–Kier alpha value is -2.03. The lowest BCUT2D eigenvalue weighted by molar-refractivity contribution is 0.0784. The van der Waals surface area contributed by atoms with Crippen LogP contribution in [0.4, 0.5) is 13.2 Å². The molecule has 0 aromatic heterocycles. The van der Waals surface area contributed by atoms with Gasteiger partial charge >= 0.3 is 0 Å². The van der Waals surface area contributed by atoms with Crippen molar-refractivity contribution in [3.63, 3.8) is 0 Å². The van der Waals surface area contributed by atoms with Crippen LogP contribution < -0.4 is 0 Å². The molecule has 1 unspecified atom stereocenters. The van der Waals surface area contributed by atoms with Gasteiger partial charge in [0.2, 0.25) is 0 Å². The monoisotopic (exact) mass is 256 g/mol. The number of hydrogen-bond acceptors (Lipinski definition) is 2. The maximum absolute atomic E-state index is 13.0. The van der Waals surface area contributed by atoms with Gasteiger partial charge in [0, 0.05) is 19.2 Å². The van der Waals surface area contributed by atoms with Crippen LogP contribution in [0.2, 0.25) is 0 Å². The van der Waals surface area contributed by atoms with Gasteiger partial charge in [-0.3, -0.25) is 4.79 Å². The first-order chi connectivity index (χ1) is 8.36. The summed E-state index contributed by atoms with van der Waals surface area (Å²) in [4.78, 5) is 12.9. The standard InChI is InChI=1S/C12H11F3N2O/c1-7(5-16)6-17(2)12(18)8-3-9(13)11(15)10(14)4-8/h3-4,7H,6H2,1-2H3. The zero-order valence-corrected chi connectivity index (χ0v) is 9.88. The lowest BCUT2D eigenvalue weighted by Gasteiger charge is -2.18. The van der Waals surface area contributed by atoms with Crippen LogP contribution in [0.1, 0.15) is 17.3 Å². The highest BCUT2D eigenvalue weighted by atomic mass is 19.2. The van der Waals surface area contributed by atoms with E-state index in [0.717, 1.165) is 4.90 Å². The van der Waals surface area contributed by atoms with Gasteiger partial charge in [0.25, 0.3) is 5.91 Å². The Morgan fingerprint density at radius 2 is 1.89 bits per heavy atom. The van der Waals surface area contributed by atoms with Crippen LogP contribution in [0.15, 0.2) is 12.1 Å². The number of halogens is 3. The second-order valence-electron chi connectivity index (χ2n) is 3.97. The highest BCUT2D eigenvalue weighted by Crippen LogP contribution is 2.15. The largest absolute Gasteiger partial charge is 0.340 e. The molecule has 0 radical (unpaired) electrons. The predicted molar refractivity (Wildman–Crippen MR) is 58.1 cm³/mol. The summed E-state index contributed by atoms with van der Waals surface area (Å²) in [5.74, 6) is -5.52. The van der Waals surface area contributed by atoms with Crippen LogP contribution in [0.25, 0.3) is 0 Å². The zero-order valence-electron chi connectivity index (χ0n) is 9.88. The second kappa shape index (κ2) is 5.54. The first-order valence-corrected chi connectivity index (χ1v) is 5.16. The number of rotatable bonds is 3. The van der Waals surface area contributed by atoms with Gasteiger partial charge in [0.1, 0.15) is 0 Å². The van der Waals surface area contributed by atoms with Crippen molar-refractivity contribution in [3.05, 3.63) is 35.1 Å². The van der Waals surface area contributed by atoms with Gasteiger partial charge in [0.15, 0.2) is 17.5 Å². The molecule has 0 saturated carbocycles.